The molecule has 0 radical (unpaired) electrons. The average molecular weight is 218 g/mol. The molecule has 84 valence electrons. The van der Waals surface area contributed by atoms with Crippen molar-refractivity contribution in [2.75, 3.05) is 13.1 Å². The van der Waals surface area contributed by atoms with E-state index in [-0.39, 0.29) is 11.7 Å². The summed E-state index contributed by atoms with van der Waals surface area (Å²) in [4.78, 5) is 18.7. The average Bonchev–Trinajstić information content (AvgIpc) is 2.66. The maximum absolute atomic E-state index is 11.9. The first-order valence-electron chi connectivity index (χ1n) is 5.61. The van der Waals surface area contributed by atoms with Crippen LogP contribution in [-0.4, -0.2) is 27.6 Å². The third-order valence-corrected chi connectivity index (χ3v) is 3.15. The van der Waals surface area contributed by atoms with Crippen LogP contribution in [0.2, 0.25) is 0 Å². The van der Waals surface area contributed by atoms with E-state index in [0.717, 1.165) is 37.0 Å². The lowest BCUT2D eigenvalue weighted by Gasteiger charge is -2.23. The standard InChI is InChI=1S/C11H14N4O/c16-11-14-9-7-13-5-3-10(9)15(11)8-2-1-4-12-6-8/h3,5,7-8,12H,1-2,4,6H2,(H,14,16)/t8-/m1/s1. The molecule has 2 aromatic heterocycles. The number of nitrogens with zero attached hydrogens (tertiary/aromatic N) is 2. The van der Waals surface area contributed by atoms with Gasteiger partial charge < -0.3 is 10.3 Å². The summed E-state index contributed by atoms with van der Waals surface area (Å²) in [6.07, 6.45) is 5.60. The lowest BCUT2D eigenvalue weighted by Crippen LogP contribution is -2.35. The van der Waals surface area contributed by atoms with Crippen LogP contribution < -0.4 is 11.0 Å². The summed E-state index contributed by atoms with van der Waals surface area (Å²) in [5.74, 6) is 0. The Labute approximate surface area is 92.5 Å². The molecule has 5 heteroatoms. The second-order valence-electron chi connectivity index (χ2n) is 4.19. The van der Waals surface area contributed by atoms with Gasteiger partial charge in [0.1, 0.15) is 0 Å². The number of rotatable bonds is 1. The van der Waals surface area contributed by atoms with Crippen molar-refractivity contribution in [1.29, 1.82) is 0 Å². The molecule has 1 atom stereocenters. The molecule has 0 aliphatic carbocycles. The fourth-order valence-corrected chi connectivity index (χ4v) is 2.39. The smallest absolute Gasteiger partial charge is 0.315 e. The highest BCUT2D eigenvalue weighted by Gasteiger charge is 2.19. The summed E-state index contributed by atoms with van der Waals surface area (Å²) >= 11 is 0. The number of pyridine rings is 1. The Kier molecular flexibility index (Phi) is 2.25. The lowest BCUT2D eigenvalue weighted by atomic mass is 10.1. The van der Waals surface area contributed by atoms with E-state index in [1.165, 1.54) is 0 Å². The molecule has 1 saturated heterocycles. The van der Waals surface area contributed by atoms with E-state index in [4.69, 9.17) is 0 Å². The number of H-pyrrole nitrogens is 1. The first-order valence-corrected chi connectivity index (χ1v) is 5.61. The van der Waals surface area contributed by atoms with E-state index < -0.39 is 0 Å². The van der Waals surface area contributed by atoms with Gasteiger partial charge in [-0.3, -0.25) is 9.55 Å². The van der Waals surface area contributed by atoms with Crippen LogP contribution >= 0.6 is 0 Å². The van der Waals surface area contributed by atoms with Crippen LogP contribution in [0.5, 0.6) is 0 Å². The molecule has 2 aromatic rings. The zero-order valence-electron chi connectivity index (χ0n) is 8.94. The van der Waals surface area contributed by atoms with Crippen LogP contribution in [0.3, 0.4) is 0 Å². The molecular formula is C11H14N4O. The SMILES string of the molecule is O=c1[nH]c2cnccc2n1[C@@H]1CCCNC1. The molecule has 0 spiro atoms. The van der Waals surface area contributed by atoms with Gasteiger partial charge in [-0.15, -0.1) is 0 Å². The highest BCUT2D eigenvalue weighted by Crippen LogP contribution is 2.19. The lowest BCUT2D eigenvalue weighted by molar-refractivity contribution is 0.372. The van der Waals surface area contributed by atoms with E-state index in [0.29, 0.717) is 0 Å². The predicted molar refractivity (Wildman–Crippen MR) is 61.5 cm³/mol. The van der Waals surface area contributed by atoms with Crippen molar-refractivity contribution < 1.29 is 0 Å². The van der Waals surface area contributed by atoms with E-state index in [1.807, 2.05) is 10.6 Å². The molecule has 3 rings (SSSR count). The summed E-state index contributed by atoms with van der Waals surface area (Å²) in [5.41, 5.74) is 1.74. The molecule has 0 amide bonds. The summed E-state index contributed by atoms with van der Waals surface area (Å²) in [6, 6.07) is 2.15. The maximum atomic E-state index is 11.9. The number of fused-ring (bicyclic) bond motifs is 1. The molecule has 0 bridgehead atoms. The second kappa shape index (κ2) is 3.75. The van der Waals surface area contributed by atoms with Crippen molar-refractivity contribution in [3.05, 3.63) is 28.9 Å². The van der Waals surface area contributed by atoms with E-state index in [9.17, 15) is 4.79 Å². The van der Waals surface area contributed by atoms with E-state index in [1.54, 1.807) is 12.4 Å². The van der Waals surface area contributed by atoms with E-state index >= 15 is 0 Å². The van der Waals surface area contributed by atoms with Crippen molar-refractivity contribution in [3.63, 3.8) is 0 Å². The highest BCUT2D eigenvalue weighted by atomic mass is 16.1. The molecule has 5 nitrogen and oxygen atoms in total. The number of hydrogen-bond donors (Lipinski definition) is 2. The molecule has 1 fully saturated rings. The fraction of sp³-hybridized carbons (Fsp3) is 0.455. The minimum Gasteiger partial charge on any atom is -0.315 e. The number of aromatic amines is 1. The first kappa shape index (κ1) is 9.59. The zero-order valence-corrected chi connectivity index (χ0v) is 8.94. The summed E-state index contributed by atoms with van der Waals surface area (Å²) < 4.78 is 1.85. The molecule has 1 aliphatic rings. The highest BCUT2D eigenvalue weighted by molar-refractivity contribution is 5.73. The largest absolute Gasteiger partial charge is 0.326 e. The second-order valence-corrected chi connectivity index (χ2v) is 4.19. The van der Waals surface area contributed by atoms with Gasteiger partial charge in [0, 0.05) is 12.7 Å². The minimum absolute atomic E-state index is 0.0308. The third kappa shape index (κ3) is 1.44. The maximum Gasteiger partial charge on any atom is 0.326 e. The van der Waals surface area contributed by atoms with Crippen LogP contribution in [0.25, 0.3) is 11.0 Å². The van der Waals surface area contributed by atoms with E-state index in [2.05, 4.69) is 15.3 Å². The molecule has 0 unspecified atom stereocenters. The fourth-order valence-electron chi connectivity index (χ4n) is 2.39. The molecule has 2 N–H and O–H groups in total. The first-order chi connectivity index (χ1) is 7.86. The molecule has 3 heterocycles. The van der Waals surface area contributed by atoms with Crippen LogP contribution in [-0.2, 0) is 0 Å². The summed E-state index contributed by atoms with van der Waals surface area (Å²) in [6.45, 7) is 1.92. The van der Waals surface area contributed by atoms with Gasteiger partial charge in [-0.1, -0.05) is 0 Å². The zero-order chi connectivity index (χ0) is 11.0. The van der Waals surface area contributed by atoms with Gasteiger partial charge in [0.15, 0.2) is 0 Å². The summed E-state index contributed by atoms with van der Waals surface area (Å²) in [5, 5.41) is 3.33. The van der Waals surface area contributed by atoms with Gasteiger partial charge in [-0.25, -0.2) is 4.79 Å². The topological polar surface area (TPSA) is 62.7 Å². The molecule has 1 aliphatic heterocycles. The Morgan fingerprint density at radius 2 is 2.44 bits per heavy atom. The van der Waals surface area contributed by atoms with Crippen molar-refractivity contribution in [1.82, 2.24) is 19.9 Å². The summed E-state index contributed by atoms with van der Waals surface area (Å²) in [7, 11) is 0. The van der Waals surface area contributed by atoms with Gasteiger partial charge in [-0.2, -0.15) is 0 Å². The minimum atomic E-state index is -0.0308. The van der Waals surface area contributed by atoms with Crippen LogP contribution in [0, 0.1) is 0 Å². The third-order valence-electron chi connectivity index (χ3n) is 3.15. The Morgan fingerprint density at radius 3 is 3.25 bits per heavy atom. The quantitative estimate of drug-likeness (QED) is 0.738. The molecule has 0 aromatic carbocycles. The number of aromatic nitrogens is 3. The Hall–Kier alpha value is -1.62. The van der Waals surface area contributed by atoms with Gasteiger partial charge >= 0.3 is 5.69 Å². The van der Waals surface area contributed by atoms with Gasteiger partial charge in [0.05, 0.1) is 23.3 Å². The van der Waals surface area contributed by atoms with Gasteiger partial charge in [0.25, 0.3) is 0 Å². The van der Waals surface area contributed by atoms with Crippen molar-refractivity contribution in [2.45, 2.75) is 18.9 Å². The number of imidazole rings is 1. The number of nitrogens with one attached hydrogen (secondary N) is 2. The molecule has 16 heavy (non-hydrogen) atoms. The monoisotopic (exact) mass is 218 g/mol. The Balaban J connectivity index is 2.14. The Morgan fingerprint density at radius 1 is 1.50 bits per heavy atom. The van der Waals surface area contributed by atoms with Crippen LogP contribution in [0.4, 0.5) is 0 Å². The van der Waals surface area contributed by atoms with Crippen molar-refractivity contribution >= 4 is 11.0 Å². The molecular weight excluding hydrogens is 204 g/mol. The van der Waals surface area contributed by atoms with Crippen molar-refractivity contribution in [2.24, 2.45) is 0 Å². The molecule has 0 saturated carbocycles. The van der Waals surface area contributed by atoms with Gasteiger partial charge in [-0.05, 0) is 25.5 Å². The van der Waals surface area contributed by atoms with Crippen molar-refractivity contribution in [3.8, 4) is 0 Å². The number of piperidine rings is 1. The van der Waals surface area contributed by atoms with Crippen LogP contribution in [0.1, 0.15) is 18.9 Å². The predicted octanol–water partition coefficient (Wildman–Crippen LogP) is 0.649. The van der Waals surface area contributed by atoms with Crippen LogP contribution in [0.15, 0.2) is 23.3 Å². The van der Waals surface area contributed by atoms with Gasteiger partial charge in [0.2, 0.25) is 0 Å². The normalized spacial score (nSPS) is 21.4. The Bertz CT molecular complexity index is 550. The number of hydrogen-bond acceptors (Lipinski definition) is 3.